The third kappa shape index (κ3) is 7.68. The molecule has 72 valence electrons. The molecule has 1 unspecified atom stereocenters. The highest BCUT2D eigenvalue weighted by Gasteiger charge is 2.06. The van der Waals surface area contributed by atoms with E-state index >= 15 is 0 Å². The summed E-state index contributed by atoms with van der Waals surface area (Å²) in [6.45, 7) is 2.16. The van der Waals surface area contributed by atoms with Crippen LogP contribution in [-0.4, -0.2) is 11.5 Å². The van der Waals surface area contributed by atoms with E-state index in [0.29, 0.717) is 6.42 Å². The van der Waals surface area contributed by atoms with Crippen LogP contribution in [-0.2, 0) is 0 Å². The molecule has 0 spiro atoms. The molecule has 0 aromatic heterocycles. The summed E-state index contributed by atoms with van der Waals surface area (Å²) in [4.78, 5) is 0. The molecule has 0 aliphatic carbocycles. The molecule has 0 saturated heterocycles. The molecule has 2 nitrogen and oxygen atoms in total. The summed E-state index contributed by atoms with van der Waals surface area (Å²) in [5.41, 5.74) is 0. The normalized spacial score (nSPS) is 11.6. The summed E-state index contributed by atoms with van der Waals surface area (Å²) in [7, 11) is 0. The predicted molar refractivity (Wildman–Crippen MR) is 56.2 cm³/mol. The van der Waals surface area contributed by atoms with Crippen molar-refractivity contribution >= 4 is 11.8 Å². The number of hydrogen-bond acceptors (Lipinski definition) is 3. The Labute approximate surface area is 84.9 Å². The van der Waals surface area contributed by atoms with E-state index in [0.717, 1.165) is 17.9 Å². The largest absolute Gasteiger partial charge is 0.198 e. The lowest BCUT2D eigenvalue weighted by molar-refractivity contribution is 0.685. The SMILES string of the molecule is CCCCSCC(C#N)CCC#N. The van der Waals surface area contributed by atoms with Gasteiger partial charge >= 0.3 is 0 Å². The molecule has 0 N–H and O–H groups in total. The third-order valence-corrected chi connectivity index (χ3v) is 2.96. The highest BCUT2D eigenvalue weighted by Crippen LogP contribution is 2.14. The third-order valence-electron chi connectivity index (χ3n) is 1.75. The second kappa shape index (κ2) is 9.42. The smallest absolute Gasteiger partial charge is 0.0664 e. The lowest BCUT2D eigenvalue weighted by Gasteiger charge is -2.05. The monoisotopic (exact) mass is 196 g/mol. The first-order chi connectivity index (χ1) is 6.35. The van der Waals surface area contributed by atoms with Crippen molar-refractivity contribution < 1.29 is 0 Å². The maximum Gasteiger partial charge on any atom is 0.0664 e. The molecular weight excluding hydrogens is 180 g/mol. The molecule has 0 fully saturated rings. The van der Waals surface area contributed by atoms with Crippen molar-refractivity contribution in [2.45, 2.75) is 32.6 Å². The van der Waals surface area contributed by atoms with Gasteiger partial charge in [-0.2, -0.15) is 22.3 Å². The number of rotatable bonds is 7. The Bertz CT molecular complexity index is 190. The summed E-state index contributed by atoms with van der Waals surface area (Å²) in [6, 6.07) is 4.32. The number of unbranched alkanes of at least 4 members (excludes halogenated alkanes) is 1. The maximum atomic E-state index is 8.74. The Morgan fingerprint density at radius 3 is 2.69 bits per heavy atom. The average molecular weight is 196 g/mol. The first kappa shape index (κ1) is 12.3. The van der Waals surface area contributed by atoms with Gasteiger partial charge in [-0.1, -0.05) is 13.3 Å². The molecule has 0 bridgehead atoms. The highest BCUT2D eigenvalue weighted by atomic mass is 32.2. The van der Waals surface area contributed by atoms with Crippen LogP contribution >= 0.6 is 11.8 Å². The Hall–Kier alpha value is -0.670. The first-order valence-electron chi connectivity index (χ1n) is 4.69. The van der Waals surface area contributed by atoms with Gasteiger partial charge in [0.2, 0.25) is 0 Å². The van der Waals surface area contributed by atoms with Crippen LogP contribution in [0.4, 0.5) is 0 Å². The van der Waals surface area contributed by atoms with E-state index in [1.54, 1.807) is 0 Å². The molecule has 0 aromatic carbocycles. The van der Waals surface area contributed by atoms with Crippen LogP contribution in [0.5, 0.6) is 0 Å². The summed E-state index contributed by atoms with van der Waals surface area (Å²) >= 11 is 1.83. The van der Waals surface area contributed by atoms with Gasteiger partial charge in [0.15, 0.2) is 0 Å². The van der Waals surface area contributed by atoms with E-state index in [-0.39, 0.29) is 5.92 Å². The summed E-state index contributed by atoms with van der Waals surface area (Å²) in [5.74, 6) is 2.10. The molecule has 0 rings (SSSR count). The molecular formula is C10H16N2S. The zero-order chi connectivity index (χ0) is 9.94. The van der Waals surface area contributed by atoms with Crippen molar-refractivity contribution in [1.29, 1.82) is 10.5 Å². The standard InChI is InChI=1S/C10H16N2S/c1-2-3-7-13-9-10(8-12)5-4-6-11/h10H,2-5,7,9H2,1H3. The van der Waals surface area contributed by atoms with Gasteiger partial charge in [-0.15, -0.1) is 0 Å². The molecule has 3 heteroatoms. The number of nitrogens with zero attached hydrogens (tertiary/aromatic N) is 2. The van der Waals surface area contributed by atoms with Gasteiger partial charge in [-0.3, -0.25) is 0 Å². The molecule has 0 saturated carbocycles. The Balaban J connectivity index is 3.39. The highest BCUT2D eigenvalue weighted by molar-refractivity contribution is 7.99. The van der Waals surface area contributed by atoms with Gasteiger partial charge < -0.3 is 0 Å². The van der Waals surface area contributed by atoms with E-state index in [4.69, 9.17) is 10.5 Å². The van der Waals surface area contributed by atoms with E-state index in [1.165, 1.54) is 12.8 Å². The zero-order valence-electron chi connectivity index (χ0n) is 8.12. The summed E-state index contributed by atoms with van der Waals surface area (Å²) < 4.78 is 0. The van der Waals surface area contributed by atoms with E-state index in [2.05, 4.69) is 19.1 Å². The molecule has 1 atom stereocenters. The van der Waals surface area contributed by atoms with Crippen LogP contribution in [0.1, 0.15) is 32.6 Å². The number of hydrogen-bond donors (Lipinski definition) is 0. The van der Waals surface area contributed by atoms with Crippen molar-refractivity contribution in [3.05, 3.63) is 0 Å². The van der Waals surface area contributed by atoms with E-state index in [9.17, 15) is 0 Å². The molecule has 0 aromatic rings. The lowest BCUT2D eigenvalue weighted by atomic mass is 10.1. The van der Waals surface area contributed by atoms with Crippen molar-refractivity contribution in [2.24, 2.45) is 5.92 Å². The minimum absolute atomic E-state index is 0.0708. The van der Waals surface area contributed by atoms with Crippen LogP contribution < -0.4 is 0 Å². The molecule has 0 radical (unpaired) electrons. The van der Waals surface area contributed by atoms with Crippen molar-refractivity contribution in [3.63, 3.8) is 0 Å². The second-order valence-electron chi connectivity index (χ2n) is 2.95. The van der Waals surface area contributed by atoms with Crippen LogP contribution in [0.15, 0.2) is 0 Å². The number of nitriles is 2. The second-order valence-corrected chi connectivity index (χ2v) is 4.10. The van der Waals surface area contributed by atoms with Crippen LogP contribution in [0.25, 0.3) is 0 Å². The lowest BCUT2D eigenvalue weighted by Crippen LogP contribution is -2.00. The first-order valence-corrected chi connectivity index (χ1v) is 5.85. The van der Waals surface area contributed by atoms with E-state index < -0.39 is 0 Å². The van der Waals surface area contributed by atoms with Gasteiger partial charge in [-0.05, 0) is 18.6 Å². The van der Waals surface area contributed by atoms with Gasteiger partial charge in [-0.25, -0.2) is 0 Å². The maximum absolute atomic E-state index is 8.74. The van der Waals surface area contributed by atoms with Gasteiger partial charge in [0.1, 0.15) is 0 Å². The molecule has 0 aliphatic rings. The Morgan fingerprint density at radius 1 is 1.38 bits per heavy atom. The van der Waals surface area contributed by atoms with Gasteiger partial charge in [0.25, 0.3) is 0 Å². The van der Waals surface area contributed by atoms with Crippen LogP contribution in [0, 0.1) is 28.6 Å². The molecule has 0 aliphatic heterocycles. The van der Waals surface area contributed by atoms with Gasteiger partial charge in [0, 0.05) is 12.2 Å². The fraction of sp³-hybridized carbons (Fsp3) is 0.800. The van der Waals surface area contributed by atoms with Crippen LogP contribution in [0.2, 0.25) is 0 Å². The van der Waals surface area contributed by atoms with Crippen molar-refractivity contribution in [2.75, 3.05) is 11.5 Å². The average Bonchev–Trinajstić information content (AvgIpc) is 2.17. The quantitative estimate of drug-likeness (QED) is 0.588. The molecule has 13 heavy (non-hydrogen) atoms. The topological polar surface area (TPSA) is 47.6 Å². The Kier molecular flexibility index (Phi) is 8.93. The summed E-state index contributed by atoms with van der Waals surface area (Å²) in [5, 5.41) is 17.1. The van der Waals surface area contributed by atoms with Crippen molar-refractivity contribution in [3.8, 4) is 12.1 Å². The van der Waals surface area contributed by atoms with Crippen molar-refractivity contribution in [1.82, 2.24) is 0 Å². The fourth-order valence-corrected chi connectivity index (χ4v) is 2.08. The van der Waals surface area contributed by atoms with Crippen LogP contribution in [0.3, 0.4) is 0 Å². The fourth-order valence-electron chi connectivity index (χ4n) is 0.896. The van der Waals surface area contributed by atoms with E-state index in [1.807, 2.05) is 11.8 Å². The number of thioether (sulfide) groups is 1. The predicted octanol–water partition coefficient (Wildman–Crippen LogP) is 2.96. The Morgan fingerprint density at radius 2 is 2.15 bits per heavy atom. The minimum Gasteiger partial charge on any atom is -0.198 e. The minimum atomic E-state index is 0.0708. The van der Waals surface area contributed by atoms with Gasteiger partial charge in [0.05, 0.1) is 18.1 Å². The summed E-state index contributed by atoms with van der Waals surface area (Å²) in [6.07, 6.45) is 3.67. The molecule has 0 amide bonds. The zero-order valence-corrected chi connectivity index (χ0v) is 8.94. The molecule has 0 heterocycles.